The van der Waals surface area contributed by atoms with Gasteiger partial charge >= 0.3 is 0 Å². The van der Waals surface area contributed by atoms with Crippen LogP contribution < -0.4 is 5.73 Å². The quantitative estimate of drug-likeness (QED) is 0.914. The van der Waals surface area contributed by atoms with E-state index in [4.69, 9.17) is 17.3 Å². The molecular formula is C12H13ClFN3. The van der Waals surface area contributed by atoms with Gasteiger partial charge in [-0.1, -0.05) is 23.7 Å². The summed E-state index contributed by atoms with van der Waals surface area (Å²) >= 11 is 6.06. The number of imidazole rings is 1. The van der Waals surface area contributed by atoms with Crippen LogP contribution in [-0.4, -0.2) is 9.55 Å². The van der Waals surface area contributed by atoms with Crippen molar-refractivity contribution >= 4 is 17.5 Å². The summed E-state index contributed by atoms with van der Waals surface area (Å²) < 4.78 is 14.6. The Morgan fingerprint density at radius 2 is 2.18 bits per heavy atom. The van der Waals surface area contributed by atoms with Crippen molar-refractivity contribution in [2.75, 3.05) is 5.73 Å². The molecule has 0 spiro atoms. The largest absolute Gasteiger partial charge is 0.369 e. The maximum absolute atomic E-state index is 13.0. The molecule has 0 unspecified atom stereocenters. The minimum Gasteiger partial charge on any atom is -0.369 e. The molecule has 0 radical (unpaired) electrons. The molecule has 0 saturated heterocycles. The van der Waals surface area contributed by atoms with Crippen LogP contribution in [0.3, 0.4) is 0 Å². The normalized spacial score (nSPS) is 10.8. The third-order valence-electron chi connectivity index (χ3n) is 2.67. The molecule has 17 heavy (non-hydrogen) atoms. The van der Waals surface area contributed by atoms with Gasteiger partial charge in [-0.2, -0.15) is 0 Å². The van der Waals surface area contributed by atoms with Gasteiger partial charge in [0.15, 0.2) is 0 Å². The fourth-order valence-corrected chi connectivity index (χ4v) is 1.89. The molecule has 2 aromatic rings. The van der Waals surface area contributed by atoms with E-state index in [1.165, 1.54) is 12.1 Å². The zero-order valence-corrected chi connectivity index (χ0v) is 10.2. The first-order valence-corrected chi connectivity index (χ1v) is 5.66. The summed E-state index contributed by atoms with van der Waals surface area (Å²) in [5.74, 6) is 0.165. The minimum absolute atomic E-state index is 0.228. The number of hydrogen-bond donors (Lipinski definition) is 1. The molecule has 3 nitrogen and oxygen atoms in total. The van der Waals surface area contributed by atoms with Crippen LogP contribution in [0.5, 0.6) is 0 Å². The Hall–Kier alpha value is -1.55. The van der Waals surface area contributed by atoms with Crippen LogP contribution in [0.25, 0.3) is 0 Å². The summed E-state index contributed by atoms with van der Waals surface area (Å²) in [5.41, 5.74) is 7.31. The lowest BCUT2D eigenvalue weighted by molar-refractivity contribution is 0.625. The Balaban J connectivity index is 2.10. The molecule has 0 aliphatic carbocycles. The van der Waals surface area contributed by atoms with Gasteiger partial charge < -0.3 is 10.3 Å². The summed E-state index contributed by atoms with van der Waals surface area (Å²) in [6.45, 7) is 0. The van der Waals surface area contributed by atoms with Gasteiger partial charge in [-0.15, -0.1) is 0 Å². The summed E-state index contributed by atoms with van der Waals surface area (Å²) in [6.07, 6.45) is 1.33. The van der Waals surface area contributed by atoms with Gasteiger partial charge in [0.25, 0.3) is 0 Å². The number of anilines is 1. The molecule has 0 aliphatic rings. The molecule has 0 aliphatic heterocycles. The second-order valence-electron chi connectivity index (χ2n) is 3.90. The molecule has 0 amide bonds. The van der Waals surface area contributed by atoms with Crippen molar-refractivity contribution in [3.05, 3.63) is 46.5 Å². The topological polar surface area (TPSA) is 43.8 Å². The lowest BCUT2D eigenvalue weighted by atomic mass is 10.1. The van der Waals surface area contributed by atoms with Crippen molar-refractivity contribution in [1.82, 2.24) is 9.55 Å². The van der Waals surface area contributed by atoms with Crippen LogP contribution in [-0.2, 0) is 19.9 Å². The van der Waals surface area contributed by atoms with Gasteiger partial charge in [0, 0.05) is 7.05 Å². The highest BCUT2D eigenvalue weighted by atomic mass is 35.5. The molecule has 0 bridgehead atoms. The van der Waals surface area contributed by atoms with Gasteiger partial charge in [0.1, 0.15) is 11.0 Å². The lowest BCUT2D eigenvalue weighted by Gasteiger charge is -2.00. The van der Waals surface area contributed by atoms with E-state index in [0.29, 0.717) is 23.9 Å². The van der Waals surface area contributed by atoms with Crippen molar-refractivity contribution in [2.45, 2.75) is 12.8 Å². The third-order valence-corrected chi connectivity index (χ3v) is 3.14. The first-order valence-electron chi connectivity index (χ1n) is 5.29. The molecule has 1 heterocycles. The lowest BCUT2D eigenvalue weighted by Crippen LogP contribution is -1.96. The maximum Gasteiger partial charge on any atom is 0.201 e. The van der Waals surface area contributed by atoms with E-state index >= 15 is 0 Å². The maximum atomic E-state index is 13.0. The number of hydrogen-bond acceptors (Lipinski definition) is 2. The fourth-order valence-electron chi connectivity index (χ4n) is 1.67. The smallest absolute Gasteiger partial charge is 0.201 e. The van der Waals surface area contributed by atoms with E-state index in [9.17, 15) is 4.39 Å². The van der Waals surface area contributed by atoms with Gasteiger partial charge in [-0.3, -0.25) is 0 Å². The molecule has 0 saturated carbocycles. The highest BCUT2D eigenvalue weighted by Gasteiger charge is 2.10. The van der Waals surface area contributed by atoms with Gasteiger partial charge in [0.05, 0.1) is 5.69 Å². The Kier molecular flexibility index (Phi) is 3.33. The van der Waals surface area contributed by atoms with Crippen LogP contribution in [0.15, 0.2) is 24.3 Å². The number of nitrogens with two attached hydrogens (primary N) is 1. The number of benzene rings is 1. The molecular weight excluding hydrogens is 241 g/mol. The first-order chi connectivity index (χ1) is 8.08. The van der Waals surface area contributed by atoms with E-state index in [0.717, 1.165) is 11.3 Å². The second-order valence-corrected chi connectivity index (χ2v) is 4.25. The zero-order valence-electron chi connectivity index (χ0n) is 9.45. The Bertz CT molecular complexity index is 537. The SMILES string of the molecule is Cn1c(N)nc(CCc2cccc(F)c2)c1Cl. The Labute approximate surface area is 104 Å². The zero-order chi connectivity index (χ0) is 12.4. The summed E-state index contributed by atoms with van der Waals surface area (Å²) in [7, 11) is 1.76. The molecule has 2 N–H and O–H groups in total. The Morgan fingerprint density at radius 1 is 1.41 bits per heavy atom. The molecule has 0 fully saturated rings. The van der Waals surface area contributed by atoms with Crippen LogP contribution in [0.4, 0.5) is 10.3 Å². The van der Waals surface area contributed by atoms with Crippen LogP contribution in [0, 0.1) is 5.82 Å². The van der Waals surface area contributed by atoms with Crippen molar-refractivity contribution in [1.29, 1.82) is 0 Å². The van der Waals surface area contributed by atoms with Crippen molar-refractivity contribution in [2.24, 2.45) is 7.05 Å². The number of aromatic nitrogens is 2. The standard InChI is InChI=1S/C12H13ClFN3/c1-17-11(13)10(16-12(17)15)6-5-8-3-2-4-9(14)7-8/h2-4,7H,5-6H2,1H3,(H2,15,16). The number of rotatable bonds is 3. The fraction of sp³-hybridized carbons (Fsp3) is 0.250. The number of halogens is 2. The highest BCUT2D eigenvalue weighted by Crippen LogP contribution is 2.19. The van der Waals surface area contributed by atoms with Gasteiger partial charge in [-0.25, -0.2) is 9.37 Å². The predicted octanol–water partition coefficient (Wildman–Crippen LogP) is 2.58. The molecule has 2 rings (SSSR count). The second kappa shape index (κ2) is 4.75. The van der Waals surface area contributed by atoms with E-state index in [2.05, 4.69) is 4.98 Å². The average Bonchev–Trinajstić information content (AvgIpc) is 2.54. The van der Waals surface area contributed by atoms with E-state index in [1.54, 1.807) is 17.7 Å². The average molecular weight is 254 g/mol. The first kappa shape index (κ1) is 11.9. The van der Waals surface area contributed by atoms with Crippen molar-refractivity contribution in [3.8, 4) is 0 Å². The third kappa shape index (κ3) is 2.58. The molecule has 90 valence electrons. The van der Waals surface area contributed by atoms with E-state index in [-0.39, 0.29) is 5.82 Å². The Morgan fingerprint density at radius 3 is 2.76 bits per heavy atom. The minimum atomic E-state index is -0.228. The molecule has 5 heteroatoms. The number of aryl methyl sites for hydroxylation is 2. The van der Waals surface area contributed by atoms with Crippen LogP contribution in [0.2, 0.25) is 5.15 Å². The summed E-state index contributed by atoms with van der Waals surface area (Å²) in [6, 6.07) is 6.51. The number of nitrogen functional groups attached to an aromatic ring is 1. The van der Waals surface area contributed by atoms with Crippen LogP contribution >= 0.6 is 11.6 Å². The van der Waals surface area contributed by atoms with Crippen molar-refractivity contribution < 1.29 is 4.39 Å². The van der Waals surface area contributed by atoms with E-state index in [1.807, 2.05) is 6.07 Å². The molecule has 1 aromatic heterocycles. The number of nitrogens with zero attached hydrogens (tertiary/aromatic N) is 2. The molecule has 0 atom stereocenters. The van der Waals surface area contributed by atoms with Gasteiger partial charge in [0.2, 0.25) is 5.95 Å². The van der Waals surface area contributed by atoms with Gasteiger partial charge in [-0.05, 0) is 30.5 Å². The highest BCUT2D eigenvalue weighted by molar-refractivity contribution is 6.30. The molecule has 1 aromatic carbocycles. The van der Waals surface area contributed by atoms with Crippen LogP contribution in [0.1, 0.15) is 11.3 Å². The van der Waals surface area contributed by atoms with Crippen molar-refractivity contribution in [3.63, 3.8) is 0 Å². The summed E-state index contributed by atoms with van der Waals surface area (Å²) in [4.78, 5) is 4.16. The predicted molar refractivity (Wildman–Crippen MR) is 66.4 cm³/mol. The summed E-state index contributed by atoms with van der Waals surface area (Å²) in [5, 5.41) is 0.541. The van der Waals surface area contributed by atoms with E-state index < -0.39 is 0 Å². The monoisotopic (exact) mass is 253 g/mol.